The summed E-state index contributed by atoms with van der Waals surface area (Å²) in [5.74, 6) is 10.2. The van der Waals surface area contributed by atoms with Crippen molar-refractivity contribution in [3.63, 3.8) is 0 Å². The first-order chi connectivity index (χ1) is 21.6. The molecule has 0 amide bonds. The number of hydrogen-bond acceptors (Lipinski definition) is 2. The molecule has 2 nitrogen and oxygen atoms in total. The van der Waals surface area contributed by atoms with Gasteiger partial charge in [0.25, 0.3) is 0 Å². The van der Waals surface area contributed by atoms with Crippen molar-refractivity contribution < 1.29 is 9.47 Å². The Balaban J connectivity index is 1.10. The third-order valence-corrected chi connectivity index (χ3v) is 17.3. The molecule has 0 spiro atoms. The van der Waals surface area contributed by atoms with Crippen LogP contribution >= 0.6 is 0 Å². The van der Waals surface area contributed by atoms with E-state index in [0.717, 1.165) is 66.5 Å². The number of hydrogen-bond donors (Lipinski definition) is 0. The van der Waals surface area contributed by atoms with Crippen molar-refractivity contribution in [1.29, 1.82) is 0 Å². The van der Waals surface area contributed by atoms with Gasteiger partial charge in [0.05, 0.1) is 6.61 Å². The van der Waals surface area contributed by atoms with E-state index in [0.29, 0.717) is 16.2 Å². The van der Waals surface area contributed by atoms with Crippen LogP contribution in [0.3, 0.4) is 0 Å². The summed E-state index contributed by atoms with van der Waals surface area (Å²) in [7, 11) is 0. The Hall–Kier alpha value is -1.02. The fraction of sp³-hybridized carbons (Fsp3) is 0.860. The molecule has 1 aromatic carbocycles. The van der Waals surface area contributed by atoms with E-state index in [-0.39, 0.29) is 11.0 Å². The molecule has 0 aromatic heterocycles. The quantitative estimate of drug-likeness (QED) is 0.300. The zero-order valence-corrected chi connectivity index (χ0v) is 28.8. The molecule has 1 aromatic rings. The summed E-state index contributed by atoms with van der Waals surface area (Å²) in [5, 5.41) is 0. The van der Waals surface area contributed by atoms with Crippen LogP contribution < -0.4 is 4.74 Å². The van der Waals surface area contributed by atoms with Crippen LogP contribution in [-0.2, 0) is 21.0 Å². The van der Waals surface area contributed by atoms with Crippen molar-refractivity contribution in [2.24, 2.45) is 58.7 Å². The lowest BCUT2D eigenvalue weighted by molar-refractivity contribution is -0.0189. The first kappa shape index (κ1) is 27.9. The van der Waals surface area contributed by atoms with Crippen LogP contribution in [0.5, 0.6) is 5.75 Å². The minimum absolute atomic E-state index is 0.107. The van der Waals surface area contributed by atoms with Gasteiger partial charge in [0.1, 0.15) is 18.0 Å². The van der Waals surface area contributed by atoms with E-state index in [1.54, 1.807) is 24.8 Å². The van der Waals surface area contributed by atoms with E-state index in [1.807, 2.05) is 11.1 Å². The van der Waals surface area contributed by atoms with Crippen molar-refractivity contribution in [1.82, 2.24) is 0 Å². The molecule has 0 radical (unpaired) electrons. The lowest BCUT2D eigenvalue weighted by Gasteiger charge is -2.61. The van der Waals surface area contributed by atoms with E-state index < -0.39 is 0 Å². The molecule has 1 heterocycles. The minimum Gasteiger partial charge on any atom is -0.490 e. The van der Waals surface area contributed by atoms with Crippen LogP contribution in [0.15, 0.2) is 12.1 Å². The number of rotatable bonds is 6. The number of epoxide rings is 1. The Kier molecular flexibility index (Phi) is 5.55. The van der Waals surface area contributed by atoms with E-state index in [9.17, 15) is 0 Å². The Bertz CT molecular complexity index is 1300. The summed E-state index contributed by atoms with van der Waals surface area (Å²) in [5.41, 5.74) is 6.67. The van der Waals surface area contributed by atoms with Crippen molar-refractivity contribution in [2.45, 2.75) is 158 Å². The third kappa shape index (κ3) is 4.02. The highest BCUT2D eigenvalue weighted by Gasteiger charge is 2.60. The average Bonchev–Trinajstić information content (AvgIpc) is 3.75. The summed E-state index contributed by atoms with van der Waals surface area (Å²) in [6, 6.07) is 5.79. The van der Waals surface area contributed by atoms with E-state index in [2.05, 4.69) is 32.9 Å². The standard InChI is InChI=1S/C43H60O2/c1-39(2,3)43(25-45-43)24-44-38-14-36(41-18-29-7-30(19-41)9-31(8-29)20-41)35(40-15-26-4-27(16-40)6-28(5-26)17-40)13-37(38)42-21-32-10-33(22-42)12-34(11-32)23-42/h13-14,26-34H,4-12,15-25H2,1-3H3. The highest BCUT2D eigenvalue weighted by atomic mass is 16.6. The predicted molar refractivity (Wildman–Crippen MR) is 180 cm³/mol. The van der Waals surface area contributed by atoms with Crippen LogP contribution in [0.25, 0.3) is 0 Å². The molecule has 12 saturated carbocycles. The van der Waals surface area contributed by atoms with Crippen LogP contribution in [-0.4, -0.2) is 18.8 Å². The van der Waals surface area contributed by atoms with E-state index >= 15 is 0 Å². The maximum Gasteiger partial charge on any atom is 0.130 e. The maximum absolute atomic E-state index is 7.33. The summed E-state index contributed by atoms with van der Waals surface area (Å²) in [4.78, 5) is 0. The molecule has 1 saturated heterocycles. The summed E-state index contributed by atoms with van der Waals surface area (Å²) in [6.07, 6.45) is 27.0. The summed E-state index contributed by atoms with van der Waals surface area (Å²) in [6.45, 7) is 8.67. The second kappa shape index (κ2) is 8.95. The van der Waals surface area contributed by atoms with E-state index in [4.69, 9.17) is 9.47 Å². The summed E-state index contributed by atoms with van der Waals surface area (Å²) >= 11 is 0. The van der Waals surface area contributed by atoms with Gasteiger partial charge in [-0.05, 0) is 208 Å². The summed E-state index contributed by atoms with van der Waals surface area (Å²) < 4.78 is 13.6. The van der Waals surface area contributed by atoms with Gasteiger partial charge in [-0.1, -0.05) is 26.8 Å². The van der Waals surface area contributed by atoms with Gasteiger partial charge in [0, 0.05) is 5.56 Å². The first-order valence-electron chi connectivity index (χ1n) is 20.1. The van der Waals surface area contributed by atoms with Crippen molar-refractivity contribution in [2.75, 3.05) is 13.2 Å². The second-order valence-corrected chi connectivity index (χ2v) is 21.3. The molecule has 45 heavy (non-hydrogen) atoms. The minimum atomic E-state index is -0.120. The lowest BCUT2D eigenvalue weighted by atomic mass is 9.43. The van der Waals surface area contributed by atoms with Gasteiger partial charge in [0.15, 0.2) is 0 Å². The molecule has 12 aliphatic carbocycles. The molecule has 13 fully saturated rings. The highest BCUT2D eigenvalue weighted by molar-refractivity contribution is 5.54. The molecule has 12 bridgehead atoms. The Morgan fingerprint density at radius 2 is 0.844 bits per heavy atom. The van der Waals surface area contributed by atoms with Crippen LogP contribution in [0, 0.1) is 58.7 Å². The van der Waals surface area contributed by atoms with Gasteiger partial charge in [-0.2, -0.15) is 0 Å². The van der Waals surface area contributed by atoms with Gasteiger partial charge in [-0.25, -0.2) is 0 Å². The van der Waals surface area contributed by atoms with Gasteiger partial charge < -0.3 is 9.47 Å². The molecular weight excluding hydrogens is 548 g/mol. The van der Waals surface area contributed by atoms with Gasteiger partial charge in [-0.15, -0.1) is 0 Å². The normalized spacial score (nSPS) is 53.0. The van der Waals surface area contributed by atoms with Crippen molar-refractivity contribution in [3.8, 4) is 5.75 Å². The zero-order chi connectivity index (χ0) is 30.0. The molecule has 1 unspecified atom stereocenters. The van der Waals surface area contributed by atoms with Gasteiger partial charge >= 0.3 is 0 Å². The Morgan fingerprint density at radius 3 is 1.16 bits per heavy atom. The SMILES string of the molecule is CC(C)(C)C1(COc2cc(C34CC5CC(CC(C5)C3)C4)c(C34CC5CC(CC(C5)C3)C4)cc2C23CC4CC(CC(C4)C2)C3)CO1. The monoisotopic (exact) mass is 608 g/mol. The topological polar surface area (TPSA) is 21.8 Å². The third-order valence-electron chi connectivity index (χ3n) is 17.3. The van der Waals surface area contributed by atoms with Gasteiger partial charge in [-0.3, -0.25) is 0 Å². The van der Waals surface area contributed by atoms with Crippen molar-refractivity contribution >= 4 is 0 Å². The number of benzene rings is 1. The highest BCUT2D eigenvalue weighted by Crippen LogP contribution is 2.68. The molecule has 14 rings (SSSR count). The molecular formula is C43H60O2. The van der Waals surface area contributed by atoms with Crippen LogP contribution in [0.4, 0.5) is 0 Å². The molecule has 1 aliphatic heterocycles. The Morgan fingerprint density at radius 1 is 0.533 bits per heavy atom. The average molecular weight is 609 g/mol. The fourth-order valence-corrected chi connectivity index (χ4v) is 16.3. The maximum atomic E-state index is 7.33. The molecule has 244 valence electrons. The van der Waals surface area contributed by atoms with E-state index in [1.165, 1.54) is 102 Å². The molecule has 2 heteroatoms. The predicted octanol–water partition coefficient (Wildman–Crippen LogP) is 10.3. The lowest BCUT2D eigenvalue weighted by Crippen LogP contribution is -2.53. The molecule has 1 atom stereocenters. The molecule has 13 aliphatic rings. The number of ether oxygens (including phenoxy) is 2. The van der Waals surface area contributed by atoms with Crippen molar-refractivity contribution in [3.05, 3.63) is 28.8 Å². The van der Waals surface area contributed by atoms with Crippen LogP contribution in [0.2, 0.25) is 0 Å². The Labute approximate surface area is 273 Å². The fourth-order valence-electron chi connectivity index (χ4n) is 16.3. The molecule has 0 N–H and O–H groups in total. The largest absolute Gasteiger partial charge is 0.490 e. The second-order valence-electron chi connectivity index (χ2n) is 21.3. The van der Waals surface area contributed by atoms with Crippen LogP contribution in [0.1, 0.15) is 153 Å². The smallest absolute Gasteiger partial charge is 0.130 e. The first-order valence-corrected chi connectivity index (χ1v) is 20.1. The van der Waals surface area contributed by atoms with Gasteiger partial charge in [0.2, 0.25) is 0 Å². The zero-order valence-electron chi connectivity index (χ0n) is 28.8.